The molecule has 2 atom stereocenters. The molecule has 2 aromatic heterocycles. The quantitative estimate of drug-likeness (QED) is 0.141. The van der Waals surface area contributed by atoms with Crippen molar-refractivity contribution < 1.29 is 32.2 Å². The lowest BCUT2D eigenvalue weighted by Gasteiger charge is -2.35. The summed E-state index contributed by atoms with van der Waals surface area (Å²) < 4.78 is 47.6. The molecule has 0 saturated carbocycles. The highest BCUT2D eigenvalue weighted by Gasteiger charge is 2.50. The predicted octanol–water partition coefficient (Wildman–Crippen LogP) is 5.13. The maximum absolute atomic E-state index is 14.1. The van der Waals surface area contributed by atoms with Gasteiger partial charge in [0.2, 0.25) is 15.6 Å². The first-order chi connectivity index (χ1) is 25.5. The van der Waals surface area contributed by atoms with Gasteiger partial charge < -0.3 is 18.8 Å². The highest BCUT2D eigenvalue weighted by Crippen LogP contribution is 2.42. The van der Waals surface area contributed by atoms with Crippen LogP contribution in [0.4, 0.5) is 0 Å². The summed E-state index contributed by atoms with van der Waals surface area (Å²) in [5.74, 6) is -1.23. The van der Waals surface area contributed by atoms with Gasteiger partial charge in [0.1, 0.15) is 24.7 Å². The normalized spacial score (nSPS) is 16.9. The molecular weight excluding hydrogens is 697 g/mol. The molecule has 13 heteroatoms. The fraction of sp³-hybridized carbons (Fsp3) is 0.275. The van der Waals surface area contributed by atoms with Gasteiger partial charge in [0.25, 0.3) is 5.56 Å². The minimum absolute atomic E-state index is 0.0287. The Morgan fingerprint density at radius 2 is 1.79 bits per heavy atom. The van der Waals surface area contributed by atoms with Crippen LogP contribution in [0.5, 0.6) is 5.75 Å². The van der Waals surface area contributed by atoms with Crippen LogP contribution in [0.1, 0.15) is 53.6 Å². The number of nitrogens with zero attached hydrogens (tertiary/aromatic N) is 3. The Balaban J connectivity index is 1.23. The Hall–Kier alpha value is -5.66. The van der Waals surface area contributed by atoms with Crippen molar-refractivity contribution in [3.05, 3.63) is 123 Å². The number of benzene rings is 3. The molecule has 53 heavy (non-hydrogen) atoms. The average Bonchev–Trinajstić information content (AvgIpc) is 3.52. The number of aryl methyl sites for hydroxylation is 2. The van der Waals surface area contributed by atoms with Crippen LogP contribution in [0, 0.1) is 6.92 Å². The summed E-state index contributed by atoms with van der Waals surface area (Å²) in [6, 6.07) is 22.8. The molecule has 0 fully saturated rings. The summed E-state index contributed by atoms with van der Waals surface area (Å²) >= 11 is 0. The van der Waals surface area contributed by atoms with Gasteiger partial charge in [-0.1, -0.05) is 61.9 Å². The molecule has 0 spiro atoms. The van der Waals surface area contributed by atoms with E-state index in [0.29, 0.717) is 29.2 Å². The van der Waals surface area contributed by atoms with Crippen molar-refractivity contribution in [2.75, 3.05) is 7.11 Å². The van der Waals surface area contributed by atoms with E-state index >= 15 is 0 Å². The molecular formula is C40H38N4O8S. The second-order valence-electron chi connectivity index (χ2n) is 13.1. The van der Waals surface area contributed by atoms with E-state index in [9.17, 15) is 22.8 Å². The number of esters is 2. The first kappa shape index (κ1) is 35.7. The van der Waals surface area contributed by atoms with E-state index in [0.717, 1.165) is 40.2 Å². The monoisotopic (exact) mass is 734 g/mol. The van der Waals surface area contributed by atoms with Crippen LogP contribution in [0.15, 0.2) is 93.5 Å². The van der Waals surface area contributed by atoms with Gasteiger partial charge in [-0.3, -0.25) is 9.79 Å². The maximum Gasteiger partial charge on any atom is 0.355 e. The third kappa shape index (κ3) is 6.51. The summed E-state index contributed by atoms with van der Waals surface area (Å²) in [7, 11) is -2.52. The molecule has 3 aromatic carbocycles. The Bertz CT molecular complexity index is 2460. The molecule has 5 aromatic rings. The molecule has 0 bridgehead atoms. The average molecular weight is 735 g/mol. The van der Waals surface area contributed by atoms with Crippen LogP contribution in [0.3, 0.4) is 0 Å². The Morgan fingerprint density at radius 3 is 2.49 bits per heavy atom. The zero-order valence-corrected chi connectivity index (χ0v) is 30.5. The standard InChI is InChI=1S/C40H38N4O8S/c1-5-28-29-9-7-8-10-33(29)42-37-30(28)22-44-34(37)20-32-31(38(44)46)23-51-39(47)40(32,6-2)52-36(45)21-41-35(19-25-13-15-26(50-4)16-14-25)43-53(48,49)27-17-11-24(3)12-18-27/h7-18,20-21,35,43H,5-6,19,22-23H2,1-4H3. The summed E-state index contributed by atoms with van der Waals surface area (Å²) in [6.45, 7) is 5.59. The van der Waals surface area contributed by atoms with Crippen molar-refractivity contribution in [1.82, 2.24) is 14.3 Å². The largest absolute Gasteiger partial charge is 0.497 e. The molecule has 2 aliphatic heterocycles. The van der Waals surface area contributed by atoms with Crippen LogP contribution < -0.4 is 15.0 Å². The summed E-state index contributed by atoms with van der Waals surface area (Å²) in [4.78, 5) is 50.6. The highest BCUT2D eigenvalue weighted by molar-refractivity contribution is 7.89. The number of carbonyl (C=O) groups is 2. The smallest absolute Gasteiger partial charge is 0.355 e. The van der Waals surface area contributed by atoms with E-state index in [4.69, 9.17) is 19.2 Å². The molecule has 7 rings (SSSR count). The van der Waals surface area contributed by atoms with Gasteiger partial charge in [0.15, 0.2) is 0 Å². The van der Waals surface area contributed by atoms with Crippen LogP contribution >= 0.6 is 0 Å². The van der Waals surface area contributed by atoms with E-state index in [2.05, 4.69) is 16.6 Å². The molecule has 1 N–H and O–H groups in total. The van der Waals surface area contributed by atoms with Crippen LogP contribution in [-0.4, -0.2) is 49.4 Å². The number of hydrogen-bond donors (Lipinski definition) is 1. The second kappa shape index (κ2) is 14.1. The van der Waals surface area contributed by atoms with Gasteiger partial charge in [-0.25, -0.2) is 23.0 Å². The SMILES string of the molecule is CCc1c2c(nc3ccccc13)-c1cc3c(c(=O)n1C2)COC(=O)C3(CC)OC(=O)C=NC(Cc1ccc(OC)cc1)NS(=O)(=O)c1ccc(C)cc1. The van der Waals surface area contributed by atoms with Crippen LogP contribution in [-0.2, 0) is 60.7 Å². The lowest BCUT2D eigenvalue weighted by atomic mass is 9.85. The zero-order chi connectivity index (χ0) is 37.5. The lowest BCUT2D eigenvalue weighted by molar-refractivity contribution is -0.185. The lowest BCUT2D eigenvalue weighted by Crippen LogP contribution is -2.47. The third-order valence-electron chi connectivity index (χ3n) is 9.88. The zero-order valence-electron chi connectivity index (χ0n) is 29.7. The number of carbonyl (C=O) groups excluding carboxylic acids is 2. The van der Waals surface area contributed by atoms with E-state index in [1.165, 1.54) is 19.2 Å². The summed E-state index contributed by atoms with van der Waals surface area (Å²) in [5.41, 5.74) is 3.67. The Labute approximate surface area is 306 Å². The molecule has 0 saturated heterocycles. The first-order valence-electron chi connectivity index (χ1n) is 17.3. The first-order valence-corrected chi connectivity index (χ1v) is 18.8. The minimum atomic E-state index is -4.06. The maximum atomic E-state index is 14.1. The molecule has 12 nitrogen and oxygen atoms in total. The van der Waals surface area contributed by atoms with E-state index in [-0.39, 0.29) is 41.0 Å². The molecule has 4 heterocycles. The van der Waals surface area contributed by atoms with Gasteiger partial charge in [-0.2, -0.15) is 4.72 Å². The molecule has 2 aliphatic rings. The number of sulfonamides is 1. The van der Waals surface area contributed by atoms with E-state index in [1.807, 2.05) is 31.2 Å². The molecule has 0 radical (unpaired) electrons. The summed E-state index contributed by atoms with van der Waals surface area (Å²) in [6.07, 6.45) is 0.470. The van der Waals surface area contributed by atoms with Gasteiger partial charge in [-0.05, 0) is 67.3 Å². The number of aromatic nitrogens is 2. The second-order valence-corrected chi connectivity index (χ2v) is 14.8. The van der Waals surface area contributed by atoms with Crippen molar-refractivity contribution in [3.63, 3.8) is 0 Å². The van der Waals surface area contributed by atoms with E-state index < -0.39 is 33.7 Å². The Morgan fingerprint density at radius 1 is 1.06 bits per heavy atom. The molecule has 0 aliphatic carbocycles. The van der Waals surface area contributed by atoms with Crippen molar-refractivity contribution >= 4 is 39.1 Å². The molecule has 0 amide bonds. The number of hydrogen-bond acceptors (Lipinski definition) is 10. The number of pyridine rings is 2. The van der Waals surface area contributed by atoms with Crippen molar-refractivity contribution in [2.24, 2.45) is 4.99 Å². The van der Waals surface area contributed by atoms with Crippen molar-refractivity contribution in [2.45, 2.75) is 69.8 Å². The number of nitrogens with one attached hydrogen (secondary N) is 1. The predicted molar refractivity (Wildman–Crippen MR) is 198 cm³/mol. The number of ether oxygens (including phenoxy) is 3. The van der Waals surface area contributed by atoms with Gasteiger partial charge in [0, 0.05) is 22.9 Å². The Kier molecular flexibility index (Phi) is 9.47. The highest BCUT2D eigenvalue weighted by atomic mass is 32.2. The number of para-hydroxylation sites is 1. The van der Waals surface area contributed by atoms with Crippen molar-refractivity contribution in [3.8, 4) is 17.1 Å². The molecule has 2 unspecified atom stereocenters. The van der Waals surface area contributed by atoms with Crippen LogP contribution in [0.25, 0.3) is 22.3 Å². The van der Waals surface area contributed by atoms with Gasteiger partial charge in [-0.15, -0.1) is 0 Å². The van der Waals surface area contributed by atoms with Crippen LogP contribution in [0.2, 0.25) is 0 Å². The summed E-state index contributed by atoms with van der Waals surface area (Å²) in [5, 5.41) is 1.01. The van der Waals surface area contributed by atoms with Gasteiger partial charge >= 0.3 is 11.9 Å². The molecule has 272 valence electrons. The van der Waals surface area contributed by atoms with E-state index in [1.54, 1.807) is 54.0 Å². The van der Waals surface area contributed by atoms with Crippen molar-refractivity contribution in [1.29, 1.82) is 0 Å². The number of fused-ring (bicyclic) bond motifs is 5. The topological polar surface area (TPSA) is 155 Å². The number of cyclic esters (lactones) is 1. The van der Waals surface area contributed by atoms with Gasteiger partial charge in [0.05, 0.1) is 41.0 Å². The number of aliphatic imine (C=N–C) groups is 1. The number of methoxy groups -OCH3 is 1. The minimum Gasteiger partial charge on any atom is -0.497 e. The fourth-order valence-electron chi connectivity index (χ4n) is 7.10. The number of rotatable bonds is 11. The fourth-order valence-corrected chi connectivity index (χ4v) is 8.23. The third-order valence-corrected chi connectivity index (χ3v) is 11.4.